The van der Waals surface area contributed by atoms with Crippen LogP contribution in [-0.4, -0.2) is 13.9 Å². The Morgan fingerprint density at radius 1 is 1.20 bits per heavy atom. The summed E-state index contributed by atoms with van der Waals surface area (Å²) in [5, 5.41) is 0. The van der Waals surface area contributed by atoms with Gasteiger partial charge in [0.2, 0.25) is 0 Å². The molecule has 0 heterocycles. The highest BCUT2D eigenvalue weighted by Gasteiger charge is 1.12. The Kier molecular flexibility index (Phi) is 107. The third-order valence-corrected chi connectivity index (χ3v) is 0. The monoisotopic (exact) mass is 162 g/mol. The van der Waals surface area contributed by atoms with Crippen molar-refractivity contribution in [3.8, 4) is 0 Å². The molecule has 0 saturated carbocycles. The van der Waals surface area contributed by atoms with E-state index in [0.717, 1.165) is 0 Å². The van der Waals surface area contributed by atoms with Gasteiger partial charge >= 0.3 is 11.6 Å². The summed E-state index contributed by atoms with van der Waals surface area (Å²) in [5.41, 5.74) is 0. The Morgan fingerprint density at radius 3 is 1.20 bits per heavy atom. The smallest absolute Gasteiger partial charge is 0.335 e. The Morgan fingerprint density at radius 2 is 1.20 bits per heavy atom. The van der Waals surface area contributed by atoms with Crippen molar-refractivity contribution in [3.05, 3.63) is 0 Å². The van der Waals surface area contributed by atoms with Crippen LogP contribution in [0.3, 0.4) is 0 Å². The summed E-state index contributed by atoms with van der Waals surface area (Å²) in [6.45, 7) is 0. The molecule has 0 aromatic rings. The summed E-state index contributed by atoms with van der Waals surface area (Å²) in [6.07, 6.45) is 0. The first kappa shape index (κ1) is 18.7. The van der Waals surface area contributed by atoms with Crippen molar-refractivity contribution in [2.24, 2.45) is 0 Å². The molecule has 5 heavy (non-hydrogen) atoms. The standard InChI is InChI=1S/BrH.O2S.H2O/c;1-3-2;/h1H;;1H2. The van der Waals surface area contributed by atoms with Gasteiger partial charge in [-0.3, -0.25) is 0 Å². The van der Waals surface area contributed by atoms with Gasteiger partial charge in [0.1, 0.15) is 0 Å². The molecule has 0 aliphatic rings. The van der Waals surface area contributed by atoms with Gasteiger partial charge in [-0.15, -0.1) is 17.0 Å². The highest BCUT2D eigenvalue weighted by atomic mass is 79.9. The largest absolute Gasteiger partial charge is 0.412 e. The SMILES string of the molecule is Br.O.O=S=O. The molecule has 0 saturated heterocycles. The van der Waals surface area contributed by atoms with E-state index < -0.39 is 11.6 Å². The van der Waals surface area contributed by atoms with Crippen molar-refractivity contribution in [2.45, 2.75) is 0 Å². The van der Waals surface area contributed by atoms with E-state index in [2.05, 4.69) is 0 Å². The van der Waals surface area contributed by atoms with Crippen LogP contribution >= 0.6 is 17.0 Å². The lowest BCUT2D eigenvalue weighted by Gasteiger charge is -0.947. The van der Waals surface area contributed by atoms with Gasteiger partial charge in [0.15, 0.2) is 0 Å². The molecular formula is H3BrO3S. The lowest BCUT2D eigenvalue weighted by molar-refractivity contribution is 0.630. The van der Waals surface area contributed by atoms with E-state index in [1.165, 1.54) is 0 Å². The normalized spacial score (nSPS) is 2.40. The molecule has 0 aromatic carbocycles. The lowest BCUT2D eigenvalue weighted by Crippen LogP contribution is -1.18. The summed E-state index contributed by atoms with van der Waals surface area (Å²) in [5.74, 6) is 0. The van der Waals surface area contributed by atoms with Crippen LogP contribution in [0.2, 0.25) is 0 Å². The number of halogens is 1. The zero-order chi connectivity index (χ0) is 2.71. The fourth-order valence-corrected chi connectivity index (χ4v) is 0. The molecule has 0 spiro atoms. The molecule has 0 aliphatic carbocycles. The topological polar surface area (TPSA) is 65.6 Å². The maximum absolute atomic E-state index is 8.29. The first-order chi connectivity index (χ1) is 1.41. The Bertz CT molecular complexity index is 27.9. The average molecular weight is 163 g/mol. The molecule has 0 radical (unpaired) electrons. The van der Waals surface area contributed by atoms with E-state index >= 15 is 0 Å². The van der Waals surface area contributed by atoms with E-state index in [-0.39, 0.29) is 22.5 Å². The molecular weight excluding hydrogens is 160 g/mol. The Labute approximate surface area is 43.1 Å². The third-order valence-electron chi connectivity index (χ3n) is 0. The molecule has 5 heteroatoms. The van der Waals surface area contributed by atoms with Gasteiger partial charge in [-0.2, -0.15) is 8.42 Å². The van der Waals surface area contributed by atoms with Crippen LogP contribution in [0.4, 0.5) is 0 Å². The Balaban J connectivity index is -0.0000000200. The first-order valence-electron chi connectivity index (χ1n) is 0.333. The van der Waals surface area contributed by atoms with Crippen molar-refractivity contribution < 1.29 is 13.9 Å². The van der Waals surface area contributed by atoms with Crippen LogP contribution in [-0.2, 0) is 11.6 Å². The van der Waals surface area contributed by atoms with E-state index in [1.54, 1.807) is 0 Å². The molecule has 0 unspecified atom stereocenters. The van der Waals surface area contributed by atoms with Crippen molar-refractivity contribution in [1.29, 1.82) is 0 Å². The molecule has 34 valence electrons. The fourth-order valence-electron chi connectivity index (χ4n) is 0. The van der Waals surface area contributed by atoms with Gasteiger partial charge in [0.05, 0.1) is 0 Å². The predicted octanol–water partition coefficient (Wildman–Crippen LogP) is -0.917. The molecule has 0 rings (SSSR count). The second-order valence-electron chi connectivity index (χ2n) is 0.0680. The van der Waals surface area contributed by atoms with E-state index in [9.17, 15) is 0 Å². The fraction of sp³-hybridized carbons (Fsp3) is 0. The zero-order valence-corrected chi connectivity index (χ0v) is 4.66. The number of hydrogen-bond donors (Lipinski definition) is 0. The lowest BCUT2D eigenvalue weighted by atomic mass is 15.9. The predicted molar refractivity (Wildman–Crippen MR) is 22.9 cm³/mol. The number of rotatable bonds is 0. The number of hydrogen-bond acceptors (Lipinski definition) is 2. The van der Waals surface area contributed by atoms with Gasteiger partial charge in [0, 0.05) is 0 Å². The van der Waals surface area contributed by atoms with E-state index in [4.69, 9.17) is 8.42 Å². The van der Waals surface area contributed by atoms with E-state index in [0.29, 0.717) is 0 Å². The highest BCUT2D eigenvalue weighted by Crippen LogP contribution is 0.847. The Hall–Kier alpha value is 0.260. The summed E-state index contributed by atoms with van der Waals surface area (Å²) in [7, 11) is 0. The molecule has 0 aromatic heterocycles. The maximum atomic E-state index is 8.29. The van der Waals surface area contributed by atoms with Gasteiger partial charge in [-0.05, 0) is 0 Å². The molecule has 0 atom stereocenters. The highest BCUT2D eigenvalue weighted by molar-refractivity contribution is 8.93. The minimum Gasteiger partial charge on any atom is -0.412 e. The zero-order valence-electron chi connectivity index (χ0n) is 2.13. The van der Waals surface area contributed by atoms with Gasteiger partial charge in [-0.1, -0.05) is 0 Å². The maximum Gasteiger partial charge on any atom is 0.335 e. The quantitative estimate of drug-likeness (QED) is 0.463. The minimum atomic E-state index is -0.750. The van der Waals surface area contributed by atoms with Crippen LogP contribution in [0.25, 0.3) is 0 Å². The van der Waals surface area contributed by atoms with Crippen LogP contribution in [0, 0.1) is 0 Å². The van der Waals surface area contributed by atoms with Crippen LogP contribution < -0.4 is 0 Å². The molecule has 2 N–H and O–H groups in total. The van der Waals surface area contributed by atoms with Crippen molar-refractivity contribution in [1.82, 2.24) is 0 Å². The second kappa shape index (κ2) is 28.5. The molecule has 0 amide bonds. The van der Waals surface area contributed by atoms with Crippen LogP contribution in [0.5, 0.6) is 0 Å². The summed E-state index contributed by atoms with van der Waals surface area (Å²) in [4.78, 5) is 0. The molecule has 0 bridgehead atoms. The molecule has 3 nitrogen and oxygen atoms in total. The van der Waals surface area contributed by atoms with Crippen molar-refractivity contribution >= 4 is 28.6 Å². The minimum absolute atomic E-state index is 0. The van der Waals surface area contributed by atoms with Gasteiger partial charge in [-0.25, -0.2) is 0 Å². The van der Waals surface area contributed by atoms with Crippen LogP contribution in [0.15, 0.2) is 0 Å². The van der Waals surface area contributed by atoms with E-state index in [1.807, 2.05) is 0 Å². The van der Waals surface area contributed by atoms with Crippen molar-refractivity contribution in [2.75, 3.05) is 0 Å². The average Bonchev–Trinajstić information content (AvgIpc) is 0.918. The van der Waals surface area contributed by atoms with Gasteiger partial charge in [0.25, 0.3) is 0 Å². The van der Waals surface area contributed by atoms with Crippen LogP contribution in [0.1, 0.15) is 0 Å². The molecule has 0 fully saturated rings. The third kappa shape index (κ3) is 322. The summed E-state index contributed by atoms with van der Waals surface area (Å²) < 4.78 is 16.6. The first-order valence-corrected chi connectivity index (χ1v) is 1.00. The summed E-state index contributed by atoms with van der Waals surface area (Å²) >= 11 is -0.750. The second-order valence-corrected chi connectivity index (χ2v) is 0.204. The molecule has 0 aliphatic heterocycles. The van der Waals surface area contributed by atoms with Crippen molar-refractivity contribution in [3.63, 3.8) is 0 Å². The van der Waals surface area contributed by atoms with Gasteiger partial charge < -0.3 is 5.48 Å². The summed E-state index contributed by atoms with van der Waals surface area (Å²) in [6, 6.07) is 0.